The summed E-state index contributed by atoms with van der Waals surface area (Å²) in [5.74, 6) is -0.203. The fourth-order valence-electron chi connectivity index (χ4n) is 1.82. The molecule has 0 fully saturated rings. The SMILES string of the molecule is COc1cccc(CNc2cc(C(=O)O)ccc2N)c1. The van der Waals surface area contributed by atoms with Crippen molar-refractivity contribution in [1.29, 1.82) is 0 Å². The third kappa shape index (κ3) is 3.20. The first-order chi connectivity index (χ1) is 9.60. The smallest absolute Gasteiger partial charge is 0.335 e. The topological polar surface area (TPSA) is 84.6 Å². The van der Waals surface area contributed by atoms with Crippen LogP contribution in [0.25, 0.3) is 0 Å². The predicted molar refractivity (Wildman–Crippen MR) is 78.1 cm³/mol. The average Bonchev–Trinajstić information content (AvgIpc) is 2.46. The molecule has 2 aromatic carbocycles. The summed E-state index contributed by atoms with van der Waals surface area (Å²) < 4.78 is 5.15. The Morgan fingerprint density at radius 2 is 2.10 bits per heavy atom. The summed E-state index contributed by atoms with van der Waals surface area (Å²) in [6.45, 7) is 0.532. The number of anilines is 2. The van der Waals surface area contributed by atoms with Gasteiger partial charge in [0.05, 0.1) is 24.0 Å². The Labute approximate surface area is 117 Å². The van der Waals surface area contributed by atoms with Crippen LogP contribution in [0.4, 0.5) is 11.4 Å². The Hall–Kier alpha value is -2.69. The Balaban J connectivity index is 2.13. The molecule has 0 heterocycles. The molecule has 0 bridgehead atoms. The van der Waals surface area contributed by atoms with Gasteiger partial charge in [-0.05, 0) is 35.9 Å². The second-order valence-corrected chi connectivity index (χ2v) is 4.31. The third-order valence-electron chi connectivity index (χ3n) is 2.92. The highest BCUT2D eigenvalue weighted by atomic mass is 16.5. The van der Waals surface area contributed by atoms with Crippen LogP contribution in [0.2, 0.25) is 0 Å². The van der Waals surface area contributed by atoms with Crippen molar-refractivity contribution in [3.05, 3.63) is 53.6 Å². The van der Waals surface area contributed by atoms with Gasteiger partial charge in [-0.15, -0.1) is 0 Å². The highest BCUT2D eigenvalue weighted by molar-refractivity contribution is 5.90. The van der Waals surface area contributed by atoms with E-state index in [-0.39, 0.29) is 5.56 Å². The molecule has 0 saturated carbocycles. The summed E-state index contributed by atoms with van der Waals surface area (Å²) in [6, 6.07) is 12.2. The number of carbonyl (C=O) groups is 1. The molecule has 4 N–H and O–H groups in total. The molecule has 0 atom stereocenters. The van der Waals surface area contributed by atoms with Crippen LogP contribution in [-0.4, -0.2) is 18.2 Å². The van der Waals surface area contributed by atoms with Crippen LogP contribution in [0, 0.1) is 0 Å². The number of aromatic carboxylic acids is 1. The van der Waals surface area contributed by atoms with Gasteiger partial charge in [-0.2, -0.15) is 0 Å². The van der Waals surface area contributed by atoms with Crippen molar-refractivity contribution < 1.29 is 14.6 Å². The molecule has 0 aromatic heterocycles. The fourth-order valence-corrected chi connectivity index (χ4v) is 1.82. The van der Waals surface area contributed by atoms with E-state index in [1.54, 1.807) is 13.2 Å². The number of carboxylic acid groups (broad SMARTS) is 1. The van der Waals surface area contributed by atoms with Crippen LogP contribution in [-0.2, 0) is 6.54 Å². The highest BCUT2D eigenvalue weighted by Gasteiger charge is 2.06. The Morgan fingerprint density at radius 3 is 2.80 bits per heavy atom. The summed E-state index contributed by atoms with van der Waals surface area (Å²) >= 11 is 0. The van der Waals surface area contributed by atoms with Crippen molar-refractivity contribution in [1.82, 2.24) is 0 Å². The zero-order valence-electron chi connectivity index (χ0n) is 11.1. The molecule has 2 aromatic rings. The largest absolute Gasteiger partial charge is 0.497 e. The summed E-state index contributed by atoms with van der Waals surface area (Å²) in [7, 11) is 1.61. The Morgan fingerprint density at radius 1 is 1.30 bits per heavy atom. The van der Waals surface area contributed by atoms with Crippen molar-refractivity contribution in [2.45, 2.75) is 6.54 Å². The lowest BCUT2D eigenvalue weighted by Crippen LogP contribution is -2.05. The number of carboxylic acids is 1. The van der Waals surface area contributed by atoms with Gasteiger partial charge >= 0.3 is 5.97 Å². The van der Waals surface area contributed by atoms with Gasteiger partial charge in [0.2, 0.25) is 0 Å². The van der Waals surface area contributed by atoms with E-state index in [0.717, 1.165) is 11.3 Å². The van der Waals surface area contributed by atoms with E-state index in [4.69, 9.17) is 15.6 Å². The first kappa shape index (κ1) is 13.7. The lowest BCUT2D eigenvalue weighted by molar-refractivity contribution is 0.0697. The number of hydrogen-bond acceptors (Lipinski definition) is 4. The van der Waals surface area contributed by atoms with Crippen LogP contribution in [0.3, 0.4) is 0 Å². The average molecular weight is 272 g/mol. The lowest BCUT2D eigenvalue weighted by atomic mass is 10.1. The molecule has 5 nitrogen and oxygen atoms in total. The number of nitrogens with one attached hydrogen (secondary N) is 1. The molecule has 0 aliphatic carbocycles. The van der Waals surface area contributed by atoms with Crippen molar-refractivity contribution in [2.24, 2.45) is 0 Å². The molecule has 20 heavy (non-hydrogen) atoms. The van der Waals surface area contributed by atoms with E-state index in [2.05, 4.69) is 5.32 Å². The van der Waals surface area contributed by atoms with Gasteiger partial charge in [0.1, 0.15) is 5.75 Å². The molecule has 0 unspecified atom stereocenters. The van der Waals surface area contributed by atoms with E-state index in [9.17, 15) is 4.79 Å². The number of nitrogens with two attached hydrogens (primary N) is 1. The molecule has 0 radical (unpaired) electrons. The minimum absolute atomic E-state index is 0.201. The van der Waals surface area contributed by atoms with E-state index in [0.29, 0.717) is 17.9 Å². The lowest BCUT2D eigenvalue weighted by Gasteiger charge is -2.11. The molecule has 0 aliphatic rings. The van der Waals surface area contributed by atoms with Crippen LogP contribution >= 0.6 is 0 Å². The molecular weight excluding hydrogens is 256 g/mol. The summed E-state index contributed by atoms with van der Waals surface area (Å²) in [6.07, 6.45) is 0. The van der Waals surface area contributed by atoms with Gasteiger partial charge in [0, 0.05) is 6.54 Å². The van der Waals surface area contributed by atoms with Crippen molar-refractivity contribution in [2.75, 3.05) is 18.2 Å². The van der Waals surface area contributed by atoms with Gasteiger partial charge in [0.15, 0.2) is 0 Å². The van der Waals surface area contributed by atoms with Gasteiger partial charge in [0.25, 0.3) is 0 Å². The number of methoxy groups -OCH3 is 1. The number of benzene rings is 2. The van der Waals surface area contributed by atoms with Crippen LogP contribution < -0.4 is 15.8 Å². The maximum absolute atomic E-state index is 10.9. The zero-order valence-corrected chi connectivity index (χ0v) is 11.1. The molecule has 5 heteroatoms. The highest BCUT2D eigenvalue weighted by Crippen LogP contribution is 2.21. The summed E-state index contributed by atoms with van der Waals surface area (Å²) in [5.41, 5.74) is 8.17. The number of nitrogen functional groups attached to an aromatic ring is 1. The van der Waals surface area contributed by atoms with Crippen LogP contribution in [0.15, 0.2) is 42.5 Å². The second-order valence-electron chi connectivity index (χ2n) is 4.31. The number of ether oxygens (including phenoxy) is 1. The van der Waals surface area contributed by atoms with Gasteiger partial charge in [-0.1, -0.05) is 12.1 Å². The molecule has 0 aliphatic heterocycles. The van der Waals surface area contributed by atoms with Crippen molar-refractivity contribution in [3.8, 4) is 5.75 Å². The quantitative estimate of drug-likeness (QED) is 0.728. The normalized spacial score (nSPS) is 10.1. The number of rotatable bonds is 5. The molecule has 0 spiro atoms. The molecule has 2 rings (SSSR count). The van der Waals surface area contributed by atoms with Gasteiger partial charge in [-0.25, -0.2) is 4.79 Å². The van der Waals surface area contributed by atoms with Crippen molar-refractivity contribution >= 4 is 17.3 Å². The summed E-state index contributed by atoms with van der Waals surface area (Å²) in [5, 5.41) is 12.1. The fraction of sp³-hybridized carbons (Fsp3) is 0.133. The standard InChI is InChI=1S/C15H16N2O3/c1-20-12-4-2-3-10(7-12)9-17-14-8-11(15(18)19)5-6-13(14)16/h2-8,17H,9,16H2,1H3,(H,18,19). The summed E-state index contributed by atoms with van der Waals surface area (Å²) in [4.78, 5) is 10.9. The first-order valence-corrected chi connectivity index (χ1v) is 6.10. The zero-order chi connectivity index (χ0) is 14.5. The number of hydrogen-bond donors (Lipinski definition) is 3. The third-order valence-corrected chi connectivity index (χ3v) is 2.92. The molecule has 104 valence electrons. The van der Waals surface area contributed by atoms with E-state index < -0.39 is 5.97 Å². The molecule has 0 amide bonds. The van der Waals surface area contributed by atoms with Crippen molar-refractivity contribution in [3.63, 3.8) is 0 Å². The van der Waals surface area contributed by atoms with E-state index in [1.165, 1.54) is 12.1 Å². The predicted octanol–water partition coefficient (Wildman–Crippen LogP) is 2.59. The molecular formula is C15H16N2O3. The minimum atomic E-state index is -0.977. The molecule has 0 saturated heterocycles. The first-order valence-electron chi connectivity index (χ1n) is 6.10. The van der Waals surface area contributed by atoms with E-state index in [1.807, 2.05) is 24.3 Å². The Kier molecular flexibility index (Phi) is 4.10. The van der Waals surface area contributed by atoms with Crippen LogP contribution in [0.5, 0.6) is 5.75 Å². The second kappa shape index (κ2) is 5.97. The maximum Gasteiger partial charge on any atom is 0.335 e. The minimum Gasteiger partial charge on any atom is -0.497 e. The maximum atomic E-state index is 10.9. The Bertz CT molecular complexity index is 626. The van der Waals surface area contributed by atoms with Gasteiger partial charge in [-0.3, -0.25) is 0 Å². The van der Waals surface area contributed by atoms with E-state index >= 15 is 0 Å². The monoisotopic (exact) mass is 272 g/mol. The van der Waals surface area contributed by atoms with Crippen LogP contribution in [0.1, 0.15) is 15.9 Å². The van der Waals surface area contributed by atoms with Gasteiger partial charge < -0.3 is 20.9 Å².